The van der Waals surface area contributed by atoms with Crippen molar-refractivity contribution >= 4 is 35.8 Å². The molecule has 0 aliphatic heterocycles. The monoisotopic (exact) mass is 448 g/mol. The highest BCUT2D eigenvalue weighted by atomic mass is 127. The number of hydrogen-bond acceptors (Lipinski definition) is 3. The Kier molecular flexibility index (Phi) is 11.2. The average Bonchev–Trinajstić information content (AvgIpc) is 2.54. The molecular weight excluding hydrogens is 419 g/mol. The van der Waals surface area contributed by atoms with Crippen molar-refractivity contribution in [3.8, 4) is 5.75 Å². The molecule has 24 heavy (non-hydrogen) atoms. The minimum atomic E-state index is -0.0218. The lowest BCUT2D eigenvalue weighted by Gasteiger charge is -2.23. The summed E-state index contributed by atoms with van der Waals surface area (Å²) in [6.07, 6.45) is 0.989. The summed E-state index contributed by atoms with van der Waals surface area (Å²) in [7, 11) is 7.08. The number of amides is 1. The maximum absolute atomic E-state index is 11.8. The first kappa shape index (κ1) is 22.5. The van der Waals surface area contributed by atoms with Gasteiger partial charge < -0.3 is 19.9 Å². The van der Waals surface area contributed by atoms with E-state index in [2.05, 4.69) is 17.2 Å². The lowest BCUT2D eigenvalue weighted by Crippen LogP contribution is -2.40. The zero-order valence-electron chi connectivity index (χ0n) is 15.2. The van der Waals surface area contributed by atoms with Gasteiger partial charge in [0.2, 0.25) is 5.91 Å². The van der Waals surface area contributed by atoms with Crippen molar-refractivity contribution in [2.24, 2.45) is 4.99 Å². The molecule has 0 aliphatic rings. The topological polar surface area (TPSA) is 57.2 Å². The largest absolute Gasteiger partial charge is 0.496 e. The third kappa shape index (κ3) is 7.37. The van der Waals surface area contributed by atoms with Crippen LogP contribution in [0.3, 0.4) is 0 Å². The number of likely N-dealkylation sites (N-methyl/N-ethyl adjacent to an activating group) is 1. The maximum Gasteiger partial charge on any atom is 0.243 e. The summed E-state index contributed by atoms with van der Waals surface area (Å²) < 4.78 is 5.39. The van der Waals surface area contributed by atoms with Gasteiger partial charge in [0.25, 0.3) is 0 Å². The number of carbonyl (C=O) groups is 1. The SMILES string of the molecule is CCCNC(=NCC(=O)N(C)C)N(C)Cc1ccccc1OC.I. The van der Waals surface area contributed by atoms with Gasteiger partial charge in [0, 0.05) is 39.8 Å². The molecule has 0 atom stereocenters. The molecule has 1 N–H and O–H groups in total. The quantitative estimate of drug-likeness (QED) is 0.395. The highest BCUT2D eigenvalue weighted by Gasteiger charge is 2.11. The second-order valence-corrected chi connectivity index (χ2v) is 5.52. The molecule has 0 unspecified atom stereocenters. The van der Waals surface area contributed by atoms with Gasteiger partial charge in [0.1, 0.15) is 12.3 Å². The highest BCUT2D eigenvalue weighted by Crippen LogP contribution is 2.18. The van der Waals surface area contributed by atoms with Crippen LogP contribution in [0.25, 0.3) is 0 Å². The fourth-order valence-electron chi connectivity index (χ4n) is 2.00. The molecule has 0 radical (unpaired) electrons. The van der Waals surface area contributed by atoms with Gasteiger partial charge in [-0.15, -0.1) is 24.0 Å². The Bertz CT molecular complexity index is 535. The number of halogens is 1. The Balaban J connectivity index is 0.00000529. The number of ether oxygens (including phenoxy) is 1. The van der Waals surface area contributed by atoms with Crippen LogP contribution in [0, 0.1) is 0 Å². The Labute approximate surface area is 162 Å². The van der Waals surface area contributed by atoms with Crippen LogP contribution in [0.4, 0.5) is 0 Å². The predicted molar refractivity (Wildman–Crippen MR) is 109 cm³/mol. The number of nitrogens with one attached hydrogen (secondary N) is 1. The Morgan fingerprint density at radius 2 is 1.92 bits per heavy atom. The van der Waals surface area contributed by atoms with E-state index in [4.69, 9.17) is 4.74 Å². The van der Waals surface area contributed by atoms with Gasteiger partial charge in [-0.1, -0.05) is 25.1 Å². The van der Waals surface area contributed by atoms with Crippen molar-refractivity contribution in [2.75, 3.05) is 41.3 Å². The van der Waals surface area contributed by atoms with E-state index in [-0.39, 0.29) is 36.4 Å². The van der Waals surface area contributed by atoms with E-state index < -0.39 is 0 Å². The van der Waals surface area contributed by atoms with Gasteiger partial charge in [-0.25, -0.2) is 4.99 Å². The van der Waals surface area contributed by atoms with Gasteiger partial charge in [-0.3, -0.25) is 4.79 Å². The second kappa shape index (κ2) is 11.9. The van der Waals surface area contributed by atoms with Crippen LogP contribution in [-0.2, 0) is 11.3 Å². The van der Waals surface area contributed by atoms with E-state index in [1.165, 1.54) is 0 Å². The molecule has 1 rings (SSSR count). The normalized spacial score (nSPS) is 10.6. The fourth-order valence-corrected chi connectivity index (χ4v) is 2.00. The third-order valence-corrected chi connectivity index (χ3v) is 3.36. The van der Waals surface area contributed by atoms with E-state index in [0.29, 0.717) is 12.5 Å². The second-order valence-electron chi connectivity index (χ2n) is 5.52. The Morgan fingerprint density at radius 1 is 1.25 bits per heavy atom. The van der Waals surface area contributed by atoms with E-state index in [1.807, 2.05) is 36.2 Å². The molecule has 1 aromatic rings. The highest BCUT2D eigenvalue weighted by molar-refractivity contribution is 14.0. The Morgan fingerprint density at radius 3 is 2.50 bits per heavy atom. The first-order chi connectivity index (χ1) is 11.0. The molecule has 1 amide bonds. The molecule has 0 saturated carbocycles. The van der Waals surface area contributed by atoms with Crippen LogP contribution in [0.1, 0.15) is 18.9 Å². The predicted octanol–water partition coefficient (Wildman–Crippen LogP) is 2.19. The van der Waals surface area contributed by atoms with E-state index in [9.17, 15) is 4.79 Å². The first-order valence-corrected chi connectivity index (χ1v) is 7.81. The molecule has 0 saturated heterocycles. The van der Waals surface area contributed by atoms with Crippen LogP contribution >= 0.6 is 24.0 Å². The van der Waals surface area contributed by atoms with Crippen molar-refractivity contribution in [3.63, 3.8) is 0 Å². The summed E-state index contributed by atoms with van der Waals surface area (Å²) in [5, 5.41) is 3.29. The number of rotatable bonds is 7. The van der Waals surface area contributed by atoms with Gasteiger partial charge in [0.15, 0.2) is 5.96 Å². The van der Waals surface area contributed by atoms with Crippen molar-refractivity contribution in [1.29, 1.82) is 0 Å². The van der Waals surface area contributed by atoms with Gasteiger partial charge in [-0.2, -0.15) is 0 Å². The van der Waals surface area contributed by atoms with Crippen LogP contribution < -0.4 is 10.1 Å². The molecule has 0 aliphatic carbocycles. The standard InChI is InChI=1S/C17H28N4O2.HI/c1-6-11-18-17(19-12-16(22)20(2)3)21(4)13-14-9-7-8-10-15(14)23-5;/h7-10H,6,11-13H2,1-5H3,(H,18,19);1H. The summed E-state index contributed by atoms with van der Waals surface area (Å²) >= 11 is 0. The van der Waals surface area contributed by atoms with Crippen LogP contribution in [0.15, 0.2) is 29.3 Å². The maximum atomic E-state index is 11.8. The number of aliphatic imine (C=N–C) groups is 1. The number of guanidine groups is 1. The molecule has 0 heterocycles. The number of methoxy groups -OCH3 is 1. The molecule has 1 aromatic carbocycles. The lowest BCUT2D eigenvalue weighted by atomic mass is 10.2. The van der Waals surface area contributed by atoms with Crippen molar-refractivity contribution in [2.45, 2.75) is 19.9 Å². The zero-order chi connectivity index (χ0) is 17.2. The summed E-state index contributed by atoms with van der Waals surface area (Å²) in [4.78, 5) is 19.7. The number of benzene rings is 1. The fraction of sp³-hybridized carbons (Fsp3) is 0.529. The van der Waals surface area contributed by atoms with Crippen molar-refractivity contribution in [3.05, 3.63) is 29.8 Å². The third-order valence-electron chi connectivity index (χ3n) is 3.36. The smallest absolute Gasteiger partial charge is 0.243 e. The first-order valence-electron chi connectivity index (χ1n) is 7.81. The van der Waals surface area contributed by atoms with E-state index in [1.54, 1.807) is 26.1 Å². The number of nitrogens with zero attached hydrogens (tertiary/aromatic N) is 3. The lowest BCUT2D eigenvalue weighted by molar-refractivity contribution is -0.127. The van der Waals surface area contributed by atoms with Crippen LogP contribution in [-0.4, -0.2) is 63.0 Å². The van der Waals surface area contributed by atoms with Crippen LogP contribution in [0.2, 0.25) is 0 Å². The van der Waals surface area contributed by atoms with Gasteiger partial charge in [-0.05, 0) is 12.5 Å². The molecule has 0 fully saturated rings. The summed E-state index contributed by atoms with van der Waals surface area (Å²) in [5.74, 6) is 1.54. The summed E-state index contributed by atoms with van der Waals surface area (Å²) in [6, 6.07) is 7.90. The zero-order valence-corrected chi connectivity index (χ0v) is 17.5. The molecule has 0 bridgehead atoms. The Hall–Kier alpha value is -1.51. The number of carbonyl (C=O) groups excluding carboxylic acids is 1. The molecule has 136 valence electrons. The summed E-state index contributed by atoms with van der Waals surface area (Å²) in [6.45, 7) is 3.69. The molecule has 0 spiro atoms. The minimum absolute atomic E-state index is 0. The minimum Gasteiger partial charge on any atom is -0.496 e. The van der Waals surface area contributed by atoms with Crippen LogP contribution in [0.5, 0.6) is 5.75 Å². The average molecular weight is 448 g/mol. The van der Waals surface area contributed by atoms with E-state index >= 15 is 0 Å². The van der Waals surface area contributed by atoms with Gasteiger partial charge >= 0.3 is 0 Å². The molecule has 6 nitrogen and oxygen atoms in total. The van der Waals surface area contributed by atoms with Gasteiger partial charge in [0.05, 0.1) is 7.11 Å². The summed E-state index contributed by atoms with van der Waals surface area (Å²) in [5.41, 5.74) is 1.07. The molecule has 7 heteroatoms. The molecule has 0 aromatic heterocycles. The van der Waals surface area contributed by atoms with E-state index in [0.717, 1.165) is 24.3 Å². The number of para-hydroxylation sites is 1. The molecular formula is C17H29IN4O2. The van der Waals surface area contributed by atoms with Crippen molar-refractivity contribution in [1.82, 2.24) is 15.1 Å². The van der Waals surface area contributed by atoms with Crippen molar-refractivity contribution < 1.29 is 9.53 Å². The number of hydrogen-bond donors (Lipinski definition) is 1.